The Labute approximate surface area is 110 Å². The average molecular weight is 248 g/mol. The lowest BCUT2D eigenvalue weighted by molar-refractivity contribution is -0.122. The zero-order valence-corrected chi connectivity index (χ0v) is 11.4. The van der Waals surface area contributed by atoms with Crippen molar-refractivity contribution in [2.24, 2.45) is 11.7 Å². The summed E-state index contributed by atoms with van der Waals surface area (Å²) in [4.78, 5) is 11.8. The van der Waals surface area contributed by atoms with E-state index in [1.807, 2.05) is 37.3 Å². The summed E-state index contributed by atoms with van der Waals surface area (Å²) in [6, 6.07) is 10.1. The molecule has 2 unspecified atom stereocenters. The molecule has 18 heavy (non-hydrogen) atoms. The first-order valence-corrected chi connectivity index (χ1v) is 6.68. The molecule has 0 aromatic heterocycles. The summed E-state index contributed by atoms with van der Waals surface area (Å²) in [7, 11) is 0. The number of rotatable bonds is 7. The van der Waals surface area contributed by atoms with Crippen LogP contribution in [-0.2, 0) is 4.79 Å². The van der Waals surface area contributed by atoms with Gasteiger partial charge >= 0.3 is 0 Å². The maximum atomic E-state index is 11.8. The molecule has 0 aliphatic heterocycles. The second-order valence-corrected chi connectivity index (χ2v) is 4.92. The van der Waals surface area contributed by atoms with E-state index in [1.54, 1.807) is 0 Å². The highest BCUT2D eigenvalue weighted by Crippen LogP contribution is 2.13. The fourth-order valence-corrected chi connectivity index (χ4v) is 1.95. The number of hydrogen-bond donors (Lipinski definition) is 2. The number of benzene rings is 1. The predicted molar refractivity (Wildman–Crippen MR) is 75.1 cm³/mol. The van der Waals surface area contributed by atoms with E-state index in [-0.39, 0.29) is 11.9 Å². The van der Waals surface area contributed by atoms with Crippen molar-refractivity contribution in [1.82, 2.24) is 5.32 Å². The van der Waals surface area contributed by atoms with Gasteiger partial charge in [-0.15, -0.1) is 0 Å². The van der Waals surface area contributed by atoms with Crippen LogP contribution in [0.15, 0.2) is 30.3 Å². The molecule has 100 valence electrons. The summed E-state index contributed by atoms with van der Waals surface area (Å²) in [5.41, 5.74) is 6.63. The molecule has 3 nitrogen and oxygen atoms in total. The summed E-state index contributed by atoms with van der Waals surface area (Å²) in [5, 5.41) is 3.02. The Morgan fingerprint density at radius 1 is 1.22 bits per heavy atom. The molecule has 0 heterocycles. The van der Waals surface area contributed by atoms with Gasteiger partial charge in [0, 0.05) is 6.42 Å². The van der Waals surface area contributed by atoms with Gasteiger partial charge in [-0.05, 0) is 37.8 Å². The number of nitrogens with two attached hydrogens (primary N) is 1. The third-order valence-corrected chi connectivity index (χ3v) is 3.20. The SMILES string of the molecule is CC(CCN)CCC(=O)NC(C)c1ccccc1. The van der Waals surface area contributed by atoms with Crippen molar-refractivity contribution in [2.75, 3.05) is 6.54 Å². The van der Waals surface area contributed by atoms with E-state index in [1.165, 1.54) is 0 Å². The number of amides is 1. The molecule has 0 radical (unpaired) electrons. The van der Waals surface area contributed by atoms with Crippen LogP contribution in [0.4, 0.5) is 0 Å². The first-order valence-electron chi connectivity index (χ1n) is 6.68. The summed E-state index contributed by atoms with van der Waals surface area (Å²) in [5.74, 6) is 0.642. The Morgan fingerprint density at radius 3 is 2.50 bits per heavy atom. The Kier molecular flexibility index (Phi) is 6.44. The minimum atomic E-state index is 0.0727. The van der Waals surface area contributed by atoms with Gasteiger partial charge in [0.05, 0.1) is 6.04 Å². The lowest BCUT2D eigenvalue weighted by Crippen LogP contribution is -2.26. The van der Waals surface area contributed by atoms with Crippen molar-refractivity contribution in [2.45, 2.75) is 39.2 Å². The maximum Gasteiger partial charge on any atom is 0.220 e. The molecule has 1 amide bonds. The van der Waals surface area contributed by atoms with Crippen molar-refractivity contribution in [1.29, 1.82) is 0 Å². The average Bonchev–Trinajstić information content (AvgIpc) is 2.38. The van der Waals surface area contributed by atoms with Crippen LogP contribution in [0.2, 0.25) is 0 Å². The van der Waals surface area contributed by atoms with Crippen LogP contribution < -0.4 is 11.1 Å². The van der Waals surface area contributed by atoms with Gasteiger partial charge < -0.3 is 11.1 Å². The molecule has 0 spiro atoms. The van der Waals surface area contributed by atoms with Gasteiger partial charge in [-0.1, -0.05) is 37.3 Å². The molecular formula is C15H24N2O. The number of carbonyl (C=O) groups is 1. The van der Waals surface area contributed by atoms with Crippen LogP contribution in [0.3, 0.4) is 0 Å². The van der Waals surface area contributed by atoms with E-state index in [0.717, 1.165) is 18.4 Å². The Morgan fingerprint density at radius 2 is 1.89 bits per heavy atom. The zero-order valence-electron chi connectivity index (χ0n) is 11.4. The van der Waals surface area contributed by atoms with Gasteiger partial charge in [0.15, 0.2) is 0 Å². The minimum Gasteiger partial charge on any atom is -0.350 e. The molecule has 3 heteroatoms. The zero-order chi connectivity index (χ0) is 13.4. The van der Waals surface area contributed by atoms with Gasteiger partial charge in [-0.3, -0.25) is 4.79 Å². The molecule has 0 saturated heterocycles. The first-order chi connectivity index (χ1) is 8.63. The lowest BCUT2D eigenvalue weighted by atomic mass is 10.0. The van der Waals surface area contributed by atoms with Crippen LogP contribution in [0.5, 0.6) is 0 Å². The fraction of sp³-hybridized carbons (Fsp3) is 0.533. The standard InChI is InChI=1S/C15H24N2O/c1-12(10-11-16)8-9-15(18)17-13(2)14-6-4-3-5-7-14/h3-7,12-13H,8-11,16H2,1-2H3,(H,17,18). The largest absolute Gasteiger partial charge is 0.350 e. The lowest BCUT2D eigenvalue weighted by Gasteiger charge is -2.15. The van der Waals surface area contributed by atoms with E-state index >= 15 is 0 Å². The van der Waals surface area contributed by atoms with Crippen molar-refractivity contribution in [3.63, 3.8) is 0 Å². The predicted octanol–water partition coefficient (Wildman–Crippen LogP) is 2.63. The fourth-order valence-electron chi connectivity index (χ4n) is 1.95. The molecule has 1 aromatic rings. The molecular weight excluding hydrogens is 224 g/mol. The quantitative estimate of drug-likeness (QED) is 0.779. The van der Waals surface area contributed by atoms with Crippen LogP contribution >= 0.6 is 0 Å². The number of nitrogens with one attached hydrogen (secondary N) is 1. The summed E-state index contributed by atoms with van der Waals surface area (Å²) < 4.78 is 0. The number of hydrogen-bond acceptors (Lipinski definition) is 2. The Balaban J connectivity index is 2.32. The Bertz CT molecular complexity index is 351. The third kappa shape index (κ3) is 5.32. The molecule has 0 aliphatic carbocycles. The van der Waals surface area contributed by atoms with Crippen LogP contribution in [0, 0.1) is 5.92 Å². The van der Waals surface area contributed by atoms with Crippen LogP contribution in [0.1, 0.15) is 44.7 Å². The van der Waals surface area contributed by atoms with E-state index in [0.29, 0.717) is 18.9 Å². The second-order valence-electron chi connectivity index (χ2n) is 4.92. The van der Waals surface area contributed by atoms with Gasteiger partial charge in [0.25, 0.3) is 0 Å². The summed E-state index contributed by atoms with van der Waals surface area (Å²) in [6.45, 7) is 4.85. The van der Waals surface area contributed by atoms with Crippen molar-refractivity contribution < 1.29 is 4.79 Å². The van der Waals surface area contributed by atoms with E-state index in [9.17, 15) is 4.79 Å². The number of carbonyl (C=O) groups excluding carboxylic acids is 1. The molecule has 1 aromatic carbocycles. The highest BCUT2D eigenvalue weighted by Gasteiger charge is 2.10. The highest BCUT2D eigenvalue weighted by atomic mass is 16.1. The van der Waals surface area contributed by atoms with Crippen LogP contribution in [-0.4, -0.2) is 12.5 Å². The smallest absolute Gasteiger partial charge is 0.220 e. The van der Waals surface area contributed by atoms with Gasteiger partial charge in [0.1, 0.15) is 0 Å². The molecule has 0 bridgehead atoms. The topological polar surface area (TPSA) is 55.1 Å². The second kappa shape index (κ2) is 7.88. The summed E-state index contributed by atoms with van der Waals surface area (Å²) in [6.07, 6.45) is 2.48. The Hall–Kier alpha value is -1.35. The van der Waals surface area contributed by atoms with Crippen molar-refractivity contribution >= 4 is 5.91 Å². The van der Waals surface area contributed by atoms with Gasteiger partial charge in [-0.2, -0.15) is 0 Å². The van der Waals surface area contributed by atoms with Gasteiger partial charge in [0.2, 0.25) is 5.91 Å². The molecule has 1 rings (SSSR count). The van der Waals surface area contributed by atoms with Crippen molar-refractivity contribution in [3.8, 4) is 0 Å². The molecule has 0 aliphatic rings. The molecule has 3 N–H and O–H groups in total. The van der Waals surface area contributed by atoms with Crippen molar-refractivity contribution in [3.05, 3.63) is 35.9 Å². The van der Waals surface area contributed by atoms with Gasteiger partial charge in [-0.25, -0.2) is 0 Å². The minimum absolute atomic E-state index is 0.0727. The monoisotopic (exact) mass is 248 g/mol. The molecule has 0 fully saturated rings. The highest BCUT2D eigenvalue weighted by molar-refractivity contribution is 5.76. The first kappa shape index (κ1) is 14.7. The normalized spacial score (nSPS) is 13.9. The van der Waals surface area contributed by atoms with E-state index in [2.05, 4.69) is 12.2 Å². The maximum absolute atomic E-state index is 11.8. The molecule has 0 saturated carbocycles. The van der Waals surface area contributed by atoms with E-state index < -0.39 is 0 Å². The summed E-state index contributed by atoms with van der Waals surface area (Å²) >= 11 is 0. The molecule has 2 atom stereocenters. The third-order valence-electron chi connectivity index (χ3n) is 3.20. The van der Waals surface area contributed by atoms with Crippen LogP contribution in [0.25, 0.3) is 0 Å². The van der Waals surface area contributed by atoms with E-state index in [4.69, 9.17) is 5.73 Å².